The van der Waals surface area contributed by atoms with Crippen molar-refractivity contribution in [2.75, 3.05) is 5.75 Å². The monoisotopic (exact) mass is 267 g/mol. The van der Waals surface area contributed by atoms with Gasteiger partial charge in [-0.05, 0) is 18.6 Å². The topological polar surface area (TPSA) is 77.5 Å². The fraction of sp³-hybridized carbons (Fsp3) is 0.417. The molecule has 2 N–H and O–H groups in total. The lowest BCUT2D eigenvalue weighted by atomic mass is 10.3. The van der Waals surface area contributed by atoms with Gasteiger partial charge < -0.3 is 10.1 Å². The summed E-state index contributed by atoms with van der Waals surface area (Å²) < 4.78 is 25.6. The normalized spacial score (nSPS) is 13.9. The zero-order valence-electron chi connectivity index (χ0n) is 10.3. The molecule has 6 heteroatoms. The van der Waals surface area contributed by atoms with Gasteiger partial charge in [-0.25, -0.2) is 13.4 Å². The molecule has 0 fully saturated rings. The Hall–Kier alpha value is -1.40. The molecule has 0 aliphatic carbocycles. The van der Waals surface area contributed by atoms with Gasteiger partial charge in [0.05, 0.1) is 17.2 Å². The van der Waals surface area contributed by atoms with Crippen molar-refractivity contribution in [1.82, 2.24) is 9.38 Å². The highest BCUT2D eigenvalue weighted by Gasteiger charge is 2.17. The van der Waals surface area contributed by atoms with E-state index in [0.29, 0.717) is 12.1 Å². The first-order valence-corrected chi connectivity index (χ1v) is 7.71. The van der Waals surface area contributed by atoms with Crippen molar-refractivity contribution in [3.8, 4) is 0 Å². The number of fused-ring (bicyclic) bond motifs is 1. The van der Waals surface area contributed by atoms with Gasteiger partial charge in [0.2, 0.25) is 0 Å². The number of aromatic nitrogens is 2. The van der Waals surface area contributed by atoms with Crippen LogP contribution >= 0.6 is 0 Å². The molecular formula is C12H17N3O2S. The first-order chi connectivity index (χ1) is 8.50. The number of imidazole rings is 1. The molecule has 2 aromatic heterocycles. The van der Waals surface area contributed by atoms with Gasteiger partial charge >= 0.3 is 0 Å². The maximum absolute atomic E-state index is 11.9. The van der Waals surface area contributed by atoms with Gasteiger partial charge in [-0.3, -0.25) is 0 Å². The Morgan fingerprint density at radius 2 is 2.22 bits per heavy atom. The Morgan fingerprint density at radius 3 is 2.89 bits per heavy atom. The molecule has 98 valence electrons. The number of hydrogen-bond acceptors (Lipinski definition) is 4. The smallest absolute Gasteiger partial charge is 0.157 e. The molecule has 1 unspecified atom stereocenters. The lowest BCUT2D eigenvalue weighted by molar-refractivity contribution is 0.582. The molecule has 0 saturated heterocycles. The van der Waals surface area contributed by atoms with Crippen molar-refractivity contribution < 1.29 is 8.42 Å². The summed E-state index contributed by atoms with van der Waals surface area (Å²) in [6.45, 7) is 1.88. The van der Waals surface area contributed by atoms with E-state index >= 15 is 0 Å². The number of sulfone groups is 1. The van der Waals surface area contributed by atoms with Gasteiger partial charge in [0.1, 0.15) is 5.65 Å². The van der Waals surface area contributed by atoms with Crippen LogP contribution in [0.25, 0.3) is 5.65 Å². The quantitative estimate of drug-likeness (QED) is 0.876. The van der Waals surface area contributed by atoms with Crippen LogP contribution in [0.1, 0.15) is 19.0 Å². The number of nitrogens with two attached hydrogens (primary N) is 1. The van der Waals surface area contributed by atoms with Crippen LogP contribution < -0.4 is 5.73 Å². The van der Waals surface area contributed by atoms with E-state index in [1.54, 1.807) is 6.20 Å². The molecular weight excluding hydrogens is 250 g/mol. The Balaban J connectivity index is 2.18. The SMILES string of the molecule is CCC(N)CS(=O)(=O)Cc1cn2ccccc2n1. The second-order valence-corrected chi connectivity index (χ2v) is 6.53. The Kier molecular flexibility index (Phi) is 3.68. The van der Waals surface area contributed by atoms with Crippen LogP contribution in [-0.4, -0.2) is 29.6 Å². The van der Waals surface area contributed by atoms with Crippen molar-refractivity contribution in [3.63, 3.8) is 0 Å². The Bertz CT molecular complexity index is 601. The zero-order chi connectivity index (χ0) is 13.2. The standard InChI is InChI=1S/C12H17N3O2S/c1-2-10(13)8-18(16,17)9-11-7-15-6-4-3-5-12(15)14-11/h3-7,10H,2,8-9,13H2,1H3. The van der Waals surface area contributed by atoms with Gasteiger partial charge in [-0.15, -0.1) is 0 Å². The third-order valence-electron chi connectivity index (χ3n) is 2.77. The molecule has 5 nitrogen and oxygen atoms in total. The van der Waals surface area contributed by atoms with Crippen LogP contribution in [0.3, 0.4) is 0 Å². The average Bonchev–Trinajstić information content (AvgIpc) is 2.68. The summed E-state index contributed by atoms with van der Waals surface area (Å²) in [6.07, 6.45) is 4.24. The van der Waals surface area contributed by atoms with Gasteiger partial charge in [-0.1, -0.05) is 13.0 Å². The first kappa shape index (κ1) is 13.0. The minimum Gasteiger partial charge on any atom is -0.327 e. The molecule has 2 heterocycles. The lowest BCUT2D eigenvalue weighted by Crippen LogP contribution is -2.29. The maximum Gasteiger partial charge on any atom is 0.157 e. The molecule has 2 rings (SSSR count). The van der Waals surface area contributed by atoms with Crippen molar-refractivity contribution in [2.24, 2.45) is 5.73 Å². The minimum atomic E-state index is -3.19. The number of hydrogen-bond donors (Lipinski definition) is 1. The van der Waals surface area contributed by atoms with E-state index in [1.807, 2.05) is 35.7 Å². The van der Waals surface area contributed by atoms with Crippen molar-refractivity contribution >= 4 is 15.5 Å². The van der Waals surface area contributed by atoms with E-state index in [2.05, 4.69) is 4.98 Å². The summed E-state index contributed by atoms with van der Waals surface area (Å²) >= 11 is 0. The second-order valence-electron chi connectivity index (χ2n) is 4.42. The van der Waals surface area contributed by atoms with E-state index in [4.69, 9.17) is 5.73 Å². The van der Waals surface area contributed by atoms with Crippen molar-refractivity contribution in [2.45, 2.75) is 25.1 Å². The maximum atomic E-state index is 11.9. The molecule has 2 aromatic rings. The predicted molar refractivity (Wildman–Crippen MR) is 70.9 cm³/mol. The number of rotatable bonds is 5. The molecule has 0 aliphatic heterocycles. The van der Waals surface area contributed by atoms with Gasteiger partial charge in [-0.2, -0.15) is 0 Å². The van der Waals surface area contributed by atoms with Crippen LogP contribution in [0.5, 0.6) is 0 Å². The molecule has 0 radical (unpaired) electrons. The lowest BCUT2D eigenvalue weighted by Gasteiger charge is -2.08. The highest BCUT2D eigenvalue weighted by molar-refractivity contribution is 7.90. The zero-order valence-corrected chi connectivity index (χ0v) is 11.1. The van der Waals surface area contributed by atoms with Crippen molar-refractivity contribution in [1.29, 1.82) is 0 Å². The largest absolute Gasteiger partial charge is 0.327 e. The van der Waals surface area contributed by atoms with Gasteiger partial charge in [0, 0.05) is 18.4 Å². The highest BCUT2D eigenvalue weighted by Crippen LogP contribution is 2.09. The molecule has 18 heavy (non-hydrogen) atoms. The van der Waals surface area contributed by atoms with Crippen LogP contribution in [0.2, 0.25) is 0 Å². The van der Waals surface area contributed by atoms with E-state index in [-0.39, 0.29) is 17.5 Å². The highest BCUT2D eigenvalue weighted by atomic mass is 32.2. The summed E-state index contributed by atoms with van der Waals surface area (Å²) in [5, 5.41) is 0. The second kappa shape index (κ2) is 5.07. The van der Waals surface area contributed by atoms with E-state index in [0.717, 1.165) is 5.65 Å². The fourth-order valence-electron chi connectivity index (χ4n) is 1.78. The number of nitrogens with zero attached hydrogens (tertiary/aromatic N) is 2. The summed E-state index contributed by atoms with van der Waals surface area (Å²) in [6, 6.07) is 5.29. The van der Waals surface area contributed by atoms with Crippen LogP contribution in [0, 0.1) is 0 Å². The van der Waals surface area contributed by atoms with Gasteiger partial charge in [0.25, 0.3) is 0 Å². The molecule has 0 aromatic carbocycles. The minimum absolute atomic E-state index is 0.0113. The average molecular weight is 267 g/mol. The molecule has 1 atom stereocenters. The third kappa shape index (κ3) is 3.08. The summed E-state index contributed by atoms with van der Waals surface area (Å²) in [4.78, 5) is 4.27. The van der Waals surface area contributed by atoms with E-state index < -0.39 is 9.84 Å². The third-order valence-corrected chi connectivity index (χ3v) is 4.45. The first-order valence-electron chi connectivity index (χ1n) is 5.89. The summed E-state index contributed by atoms with van der Waals surface area (Å²) in [5.74, 6) is -0.0419. The van der Waals surface area contributed by atoms with Crippen LogP contribution in [0.15, 0.2) is 30.6 Å². The molecule has 0 amide bonds. The fourth-order valence-corrected chi connectivity index (χ4v) is 3.38. The Morgan fingerprint density at radius 1 is 1.44 bits per heavy atom. The van der Waals surface area contributed by atoms with Gasteiger partial charge in [0.15, 0.2) is 9.84 Å². The predicted octanol–water partition coefficient (Wildman–Crippen LogP) is 0.986. The molecule has 0 saturated carbocycles. The molecule has 0 aliphatic rings. The van der Waals surface area contributed by atoms with Crippen molar-refractivity contribution in [3.05, 3.63) is 36.3 Å². The van der Waals surface area contributed by atoms with E-state index in [9.17, 15) is 8.42 Å². The number of pyridine rings is 1. The molecule has 0 spiro atoms. The molecule has 0 bridgehead atoms. The summed E-state index contributed by atoms with van der Waals surface area (Å²) in [7, 11) is -3.19. The van der Waals surface area contributed by atoms with Crippen LogP contribution in [-0.2, 0) is 15.6 Å². The van der Waals surface area contributed by atoms with E-state index in [1.165, 1.54) is 0 Å². The van der Waals surface area contributed by atoms with Crippen LogP contribution in [0.4, 0.5) is 0 Å². The summed E-state index contributed by atoms with van der Waals surface area (Å²) in [5.41, 5.74) is 7.00. The Labute approximate surface area is 107 Å².